The second-order valence-corrected chi connectivity index (χ2v) is 5.69. The van der Waals surface area contributed by atoms with Crippen molar-refractivity contribution in [3.63, 3.8) is 0 Å². The van der Waals surface area contributed by atoms with E-state index in [1.807, 2.05) is 19.3 Å². The molecule has 5 nitrogen and oxygen atoms in total. The number of amides is 1. The smallest absolute Gasteiger partial charge is 0.293 e. The molecule has 1 aromatic carbocycles. The van der Waals surface area contributed by atoms with E-state index in [1.165, 1.54) is 5.01 Å². The van der Waals surface area contributed by atoms with E-state index in [1.54, 1.807) is 40.2 Å². The number of hydrogen-bond donors (Lipinski definition) is 0. The van der Waals surface area contributed by atoms with Crippen molar-refractivity contribution in [1.29, 1.82) is 0 Å². The van der Waals surface area contributed by atoms with Gasteiger partial charge in [-0.05, 0) is 24.3 Å². The molecule has 0 unspecified atom stereocenters. The second-order valence-electron chi connectivity index (χ2n) is 4.88. The van der Waals surface area contributed by atoms with Crippen LogP contribution in [0.3, 0.4) is 0 Å². The molecule has 0 saturated heterocycles. The molecule has 0 bridgehead atoms. The molecule has 0 saturated carbocycles. The maximum Gasteiger partial charge on any atom is 0.293 e. The zero-order valence-corrected chi connectivity index (χ0v) is 13.4. The van der Waals surface area contributed by atoms with Crippen LogP contribution in [0.1, 0.15) is 10.5 Å². The van der Waals surface area contributed by atoms with E-state index in [2.05, 4.69) is 4.99 Å². The normalized spacial score (nSPS) is 13.7. The topological polar surface area (TPSA) is 40.8 Å². The Balaban J connectivity index is 2.10. The third-order valence-corrected chi connectivity index (χ3v) is 4.04. The lowest BCUT2D eigenvalue weighted by atomic mass is 10.3. The van der Waals surface area contributed by atoms with E-state index in [-0.39, 0.29) is 5.91 Å². The van der Waals surface area contributed by atoms with Gasteiger partial charge < -0.3 is 4.57 Å². The predicted octanol–water partition coefficient (Wildman–Crippen LogP) is 3.24. The summed E-state index contributed by atoms with van der Waals surface area (Å²) in [5, 5.41) is 4.03. The number of aliphatic imine (C=N–C) groups is 1. The molecule has 0 N–H and O–H groups in total. The lowest BCUT2D eigenvalue weighted by molar-refractivity contribution is 0.0935. The fraction of sp³-hybridized carbons (Fsp3) is 0.200. The molecule has 1 aromatic heterocycles. The second kappa shape index (κ2) is 6.02. The minimum absolute atomic E-state index is 0.212. The summed E-state index contributed by atoms with van der Waals surface area (Å²) in [7, 11) is 1.82. The number of aryl methyl sites for hydroxylation is 1. The number of para-hydroxylation sites is 1. The van der Waals surface area contributed by atoms with Crippen molar-refractivity contribution in [3.8, 4) is 0 Å². The van der Waals surface area contributed by atoms with E-state index in [0.29, 0.717) is 34.5 Å². The van der Waals surface area contributed by atoms with Gasteiger partial charge in [0, 0.05) is 13.2 Å². The monoisotopic (exact) mass is 336 g/mol. The van der Waals surface area contributed by atoms with Crippen LogP contribution in [0, 0.1) is 0 Å². The maximum absolute atomic E-state index is 13.0. The van der Waals surface area contributed by atoms with Gasteiger partial charge in [0.2, 0.25) is 0 Å². The van der Waals surface area contributed by atoms with Crippen molar-refractivity contribution in [3.05, 3.63) is 52.3 Å². The van der Waals surface area contributed by atoms with Gasteiger partial charge in [0.05, 0.1) is 23.1 Å². The summed E-state index contributed by atoms with van der Waals surface area (Å²) in [6, 6.07) is 8.74. The molecule has 1 aliphatic heterocycles. The first kappa shape index (κ1) is 14.9. The summed E-state index contributed by atoms with van der Waals surface area (Å²) in [6.45, 7) is 1.22. The van der Waals surface area contributed by atoms with Crippen molar-refractivity contribution < 1.29 is 4.79 Å². The molecule has 2 aromatic rings. The summed E-state index contributed by atoms with van der Waals surface area (Å²) in [6.07, 6.45) is 3.44. The number of carbonyl (C=O) groups excluding carboxylic acids is 1. The summed E-state index contributed by atoms with van der Waals surface area (Å²) >= 11 is 12.6. The molecule has 22 heavy (non-hydrogen) atoms. The highest BCUT2D eigenvalue weighted by atomic mass is 35.5. The van der Waals surface area contributed by atoms with Gasteiger partial charge in [0.1, 0.15) is 17.7 Å². The molecule has 0 aliphatic carbocycles. The van der Waals surface area contributed by atoms with E-state index in [9.17, 15) is 4.79 Å². The van der Waals surface area contributed by atoms with Crippen LogP contribution < -0.4 is 5.01 Å². The molecule has 2 heterocycles. The minimum atomic E-state index is -0.212. The van der Waals surface area contributed by atoms with Crippen molar-refractivity contribution in [2.45, 2.75) is 0 Å². The van der Waals surface area contributed by atoms with E-state index in [4.69, 9.17) is 23.2 Å². The van der Waals surface area contributed by atoms with Crippen LogP contribution in [0.4, 0.5) is 5.69 Å². The van der Waals surface area contributed by atoms with E-state index >= 15 is 0 Å². The number of hydrogen-bond acceptors (Lipinski definition) is 3. The number of rotatable bonds is 3. The van der Waals surface area contributed by atoms with Crippen LogP contribution in [0.5, 0.6) is 0 Å². The van der Waals surface area contributed by atoms with Gasteiger partial charge in [-0.3, -0.25) is 14.8 Å². The van der Waals surface area contributed by atoms with Crippen molar-refractivity contribution >= 4 is 41.1 Å². The molecule has 114 valence electrons. The number of aromatic nitrogens is 1. The molecule has 3 rings (SSSR count). The Bertz CT molecular complexity index is 721. The summed E-state index contributed by atoms with van der Waals surface area (Å²) in [4.78, 5) is 17.2. The number of benzene rings is 1. The average molecular weight is 337 g/mol. The van der Waals surface area contributed by atoms with Gasteiger partial charge in [0.25, 0.3) is 5.91 Å². The molecular weight excluding hydrogens is 323 g/mol. The predicted molar refractivity (Wildman–Crippen MR) is 88.7 cm³/mol. The van der Waals surface area contributed by atoms with Crippen LogP contribution in [0.2, 0.25) is 10.0 Å². The molecule has 0 radical (unpaired) electrons. The Labute approximate surface area is 138 Å². The first-order valence-corrected chi connectivity index (χ1v) is 7.51. The highest BCUT2D eigenvalue weighted by Crippen LogP contribution is 2.35. The zero-order valence-electron chi connectivity index (χ0n) is 11.9. The van der Waals surface area contributed by atoms with Gasteiger partial charge in [-0.1, -0.05) is 29.3 Å². The van der Waals surface area contributed by atoms with Crippen molar-refractivity contribution in [2.24, 2.45) is 12.0 Å². The van der Waals surface area contributed by atoms with Crippen molar-refractivity contribution in [1.82, 2.24) is 9.58 Å². The third kappa shape index (κ3) is 2.58. The highest BCUT2D eigenvalue weighted by molar-refractivity contribution is 6.40. The molecule has 0 spiro atoms. The number of nitrogens with zero attached hydrogens (tertiary/aromatic N) is 4. The molecule has 0 atom stereocenters. The van der Waals surface area contributed by atoms with Crippen LogP contribution in [-0.4, -0.2) is 34.9 Å². The third-order valence-electron chi connectivity index (χ3n) is 3.43. The fourth-order valence-corrected chi connectivity index (χ4v) is 2.91. The summed E-state index contributed by atoms with van der Waals surface area (Å²) < 4.78 is 1.76. The Morgan fingerprint density at radius 1 is 1.23 bits per heavy atom. The molecule has 0 fully saturated rings. The average Bonchev–Trinajstić information content (AvgIpc) is 3.13. The number of halogens is 2. The van der Waals surface area contributed by atoms with Gasteiger partial charge in [-0.2, -0.15) is 0 Å². The largest absolute Gasteiger partial charge is 0.347 e. The van der Waals surface area contributed by atoms with Gasteiger partial charge in [0.15, 0.2) is 0 Å². The van der Waals surface area contributed by atoms with Crippen LogP contribution in [-0.2, 0) is 7.05 Å². The van der Waals surface area contributed by atoms with Crippen LogP contribution >= 0.6 is 23.2 Å². The quantitative estimate of drug-likeness (QED) is 0.863. The Kier molecular flexibility index (Phi) is 4.09. The molecular formula is C15H14Cl2N4O. The maximum atomic E-state index is 13.0. The van der Waals surface area contributed by atoms with Crippen molar-refractivity contribution in [2.75, 3.05) is 18.1 Å². The zero-order chi connectivity index (χ0) is 15.7. The standard InChI is InChI=1S/C15H14Cl2N4O/c1-19-8-3-6-13(19)15(22)21(20-9-7-18-10-20)14-11(16)4-2-5-12(14)17/h2-6,8,10H,7,9H2,1H3. The van der Waals surface area contributed by atoms with Gasteiger partial charge >= 0.3 is 0 Å². The summed E-state index contributed by atoms with van der Waals surface area (Å²) in [5.41, 5.74) is 1.00. The summed E-state index contributed by atoms with van der Waals surface area (Å²) in [5.74, 6) is -0.212. The number of carbonyl (C=O) groups is 1. The van der Waals surface area contributed by atoms with Crippen LogP contribution in [0.15, 0.2) is 41.5 Å². The Morgan fingerprint density at radius 2 is 1.95 bits per heavy atom. The first-order chi connectivity index (χ1) is 10.6. The molecule has 1 aliphatic rings. The molecule has 1 amide bonds. The highest BCUT2D eigenvalue weighted by Gasteiger charge is 2.29. The van der Waals surface area contributed by atoms with Crippen LogP contribution in [0.25, 0.3) is 0 Å². The minimum Gasteiger partial charge on any atom is -0.347 e. The van der Waals surface area contributed by atoms with Gasteiger partial charge in [-0.25, -0.2) is 5.01 Å². The Morgan fingerprint density at radius 3 is 2.50 bits per heavy atom. The number of anilines is 1. The van der Waals surface area contributed by atoms with E-state index in [0.717, 1.165) is 0 Å². The lowest BCUT2D eigenvalue weighted by Gasteiger charge is -2.32. The fourth-order valence-electron chi connectivity index (χ4n) is 2.35. The Hall–Kier alpha value is -1.98. The van der Waals surface area contributed by atoms with E-state index < -0.39 is 0 Å². The number of hydrazine groups is 1. The lowest BCUT2D eigenvalue weighted by Crippen LogP contribution is -2.46. The van der Waals surface area contributed by atoms with Gasteiger partial charge in [-0.15, -0.1) is 0 Å². The SMILES string of the molecule is Cn1cccc1C(=O)N(c1c(Cl)cccc1Cl)N1C=NCC1. The molecule has 7 heteroatoms. The first-order valence-electron chi connectivity index (χ1n) is 6.76.